The van der Waals surface area contributed by atoms with Crippen LogP contribution >= 0.6 is 0 Å². The highest BCUT2D eigenvalue weighted by Gasteiger charge is 2.12. The number of benzene rings is 1. The molecule has 0 atom stereocenters. The van der Waals surface area contributed by atoms with Gasteiger partial charge in [0.05, 0.1) is 35.3 Å². The number of aromatic nitrogens is 2. The summed E-state index contributed by atoms with van der Waals surface area (Å²) in [6, 6.07) is 9.70. The van der Waals surface area contributed by atoms with Crippen molar-refractivity contribution in [1.82, 2.24) is 9.78 Å². The van der Waals surface area contributed by atoms with Crippen molar-refractivity contribution < 1.29 is 0 Å². The van der Waals surface area contributed by atoms with Gasteiger partial charge >= 0.3 is 0 Å². The number of nitrogens with two attached hydrogens (primary N) is 1. The molecule has 1 heterocycles. The first-order valence-electron chi connectivity index (χ1n) is 6.52. The Balaban J connectivity index is 2.29. The molecule has 0 aliphatic carbocycles. The third kappa shape index (κ3) is 2.60. The van der Waals surface area contributed by atoms with Gasteiger partial charge in [-0.25, -0.2) is 0 Å². The van der Waals surface area contributed by atoms with Gasteiger partial charge in [-0.1, -0.05) is 26.0 Å². The lowest BCUT2D eigenvalue weighted by atomic mass is 10.1. The summed E-state index contributed by atoms with van der Waals surface area (Å²) >= 11 is 0. The van der Waals surface area contributed by atoms with Crippen LogP contribution in [0.5, 0.6) is 0 Å². The van der Waals surface area contributed by atoms with Gasteiger partial charge in [-0.3, -0.25) is 4.68 Å². The highest BCUT2D eigenvalue weighted by atomic mass is 15.3. The molecule has 0 aliphatic heterocycles. The quantitative estimate of drug-likeness (QED) is 0.911. The summed E-state index contributed by atoms with van der Waals surface area (Å²) in [4.78, 5) is 0. The van der Waals surface area contributed by atoms with Gasteiger partial charge in [0.25, 0.3) is 0 Å². The predicted octanol–water partition coefficient (Wildman–Crippen LogP) is 2.51. The van der Waals surface area contributed by atoms with E-state index in [1.54, 1.807) is 0 Å². The van der Waals surface area contributed by atoms with Gasteiger partial charge < -0.3 is 5.73 Å². The molecule has 1 aromatic heterocycles. The summed E-state index contributed by atoms with van der Waals surface area (Å²) in [5.41, 5.74) is 10.8. The monoisotopic (exact) mass is 254 g/mol. The molecule has 4 heteroatoms. The van der Waals surface area contributed by atoms with E-state index in [2.05, 4.69) is 25.0 Å². The zero-order chi connectivity index (χ0) is 13.8. The molecule has 2 N–H and O–H groups in total. The van der Waals surface area contributed by atoms with Crippen molar-refractivity contribution in [2.75, 3.05) is 5.73 Å². The van der Waals surface area contributed by atoms with E-state index >= 15 is 0 Å². The number of nitrogens with zero attached hydrogens (tertiary/aromatic N) is 3. The van der Waals surface area contributed by atoms with E-state index in [9.17, 15) is 0 Å². The van der Waals surface area contributed by atoms with Crippen molar-refractivity contribution >= 4 is 5.69 Å². The van der Waals surface area contributed by atoms with Crippen LogP contribution in [-0.4, -0.2) is 9.78 Å². The van der Waals surface area contributed by atoms with Crippen molar-refractivity contribution in [1.29, 1.82) is 5.26 Å². The van der Waals surface area contributed by atoms with Gasteiger partial charge in [-0.15, -0.1) is 0 Å². The van der Waals surface area contributed by atoms with E-state index in [0.717, 1.165) is 35.5 Å². The van der Waals surface area contributed by atoms with Crippen molar-refractivity contribution in [2.45, 2.75) is 33.2 Å². The summed E-state index contributed by atoms with van der Waals surface area (Å²) in [6.45, 7) is 4.84. The largest absolute Gasteiger partial charge is 0.396 e. The van der Waals surface area contributed by atoms with E-state index in [1.165, 1.54) is 0 Å². The summed E-state index contributed by atoms with van der Waals surface area (Å²) in [6.07, 6.45) is 1.72. The third-order valence-electron chi connectivity index (χ3n) is 3.26. The molecular weight excluding hydrogens is 236 g/mol. The van der Waals surface area contributed by atoms with E-state index in [1.807, 2.05) is 28.9 Å². The smallest absolute Gasteiger partial charge is 0.0991 e. The van der Waals surface area contributed by atoms with E-state index in [-0.39, 0.29) is 0 Å². The Hall–Kier alpha value is -2.28. The molecule has 2 aromatic rings. The average molecular weight is 254 g/mol. The maximum atomic E-state index is 8.79. The molecular formula is C15H18N4. The van der Waals surface area contributed by atoms with E-state index in [0.29, 0.717) is 12.1 Å². The zero-order valence-corrected chi connectivity index (χ0v) is 11.3. The molecule has 0 radical (unpaired) electrons. The maximum absolute atomic E-state index is 8.79. The number of nitriles is 1. The molecule has 0 spiro atoms. The minimum Gasteiger partial charge on any atom is -0.396 e. The highest BCUT2D eigenvalue weighted by molar-refractivity contribution is 5.48. The summed E-state index contributed by atoms with van der Waals surface area (Å²) in [5, 5.41) is 13.4. The van der Waals surface area contributed by atoms with E-state index < -0.39 is 0 Å². The van der Waals surface area contributed by atoms with Gasteiger partial charge in [-0.2, -0.15) is 10.4 Å². The molecule has 0 aliphatic rings. The maximum Gasteiger partial charge on any atom is 0.0991 e. The lowest BCUT2D eigenvalue weighted by Crippen LogP contribution is -2.06. The molecule has 1 aromatic carbocycles. The number of hydrogen-bond acceptors (Lipinski definition) is 3. The number of nitrogen functional groups attached to an aromatic ring is 1. The molecule has 0 amide bonds. The summed E-state index contributed by atoms with van der Waals surface area (Å²) < 4.78 is 1.97. The van der Waals surface area contributed by atoms with Crippen molar-refractivity contribution in [2.24, 2.45) is 0 Å². The number of aryl methyl sites for hydroxylation is 1. The van der Waals surface area contributed by atoms with Crippen LogP contribution in [0.25, 0.3) is 0 Å². The first-order chi connectivity index (χ1) is 9.19. The van der Waals surface area contributed by atoms with Crippen molar-refractivity contribution in [3.05, 3.63) is 46.8 Å². The molecule has 0 bridgehead atoms. The SMILES string of the molecule is CCc1nn(Cc2ccc(C#N)cc2)c(CC)c1N. The van der Waals surface area contributed by atoms with Gasteiger partial charge in [0, 0.05) is 0 Å². The van der Waals surface area contributed by atoms with Crippen LogP contribution in [0.15, 0.2) is 24.3 Å². The van der Waals surface area contributed by atoms with Crippen LogP contribution in [-0.2, 0) is 19.4 Å². The van der Waals surface area contributed by atoms with Crippen LogP contribution in [0.3, 0.4) is 0 Å². The molecule has 0 unspecified atom stereocenters. The van der Waals surface area contributed by atoms with Crippen LogP contribution in [0.1, 0.15) is 36.4 Å². The average Bonchev–Trinajstić information content (AvgIpc) is 2.75. The minimum atomic E-state index is 0.675. The Bertz CT molecular complexity index is 602. The molecule has 19 heavy (non-hydrogen) atoms. The van der Waals surface area contributed by atoms with Crippen LogP contribution in [0.4, 0.5) is 5.69 Å². The van der Waals surface area contributed by atoms with Gasteiger partial charge in [0.15, 0.2) is 0 Å². The van der Waals surface area contributed by atoms with Crippen LogP contribution in [0, 0.1) is 11.3 Å². The Labute approximate surface area is 113 Å². The van der Waals surface area contributed by atoms with Gasteiger partial charge in [-0.05, 0) is 30.5 Å². The second-order valence-corrected chi connectivity index (χ2v) is 4.48. The van der Waals surface area contributed by atoms with Crippen LogP contribution < -0.4 is 5.73 Å². The topological polar surface area (TPSA) is 67.6 Å². The third-order valence-corrected chi connectivity index (χ3v) is 3.26. The lowest BCUT2D eigenvalue weighted by molar-refractivity contribution is 0.641. The van der Waals surface area contributed by atoms with Gasteiger partial charge in [0.1, 0.15) is 0 Å². The first kappa shape index (κ1) is 13.2. The molecule has 98 valence electrons. The highest BCUT2D eigenvalue weighted by Crippen LogP contribution is 2.19. The van der Waals surface area contributed by atoms with Crippen molar-refractivity contribution in [3.8, 4) is 6.07 Å². The van der Waals surface area contributed by atoms with Crippen molar-refractivity contribution in [3.63, 3.8) is 0 Å². The Morgan fingerprint density at radius 1 is 1.21 bits per heavy atom. The fourth-order valence-corrected chi connectivity index (χ4v) is 2.19. The number of rotatable bonds is 4. The first-order valence-corrected chi connectivity index (χ1v) is 6.52. The predicted molar refractivity (Wildman–Crippen MR) is 75.7 cm³/mol. The number of anilines is 1. The summed E-state index contributed by atoms with van der Waals surface area (Å²) in [5.74, 6) is 0. The second kappa shape index (κ2) is 5.57. The van der Waals surface area contributed by atoms with Gasteiger partial charge in [0.2, 0.25) is 0 Å². The lowest BCUT2D eigenvalue weighted by Gasteiger charge is -2.06. The number of hydrogen-bond donors (Lipinski definition) is 1. The Morgan fingerprint density at radius 3 is 2.42 bits per heavy atom. The molecule has 0 saturated carbocycles. The van der Waals surface area contributed by atoms with Crippen LogP contribution in [0.2, 0.25) is 0 Å². The zero-order valence-electron chi connectivity index (χ0n) is 11.3. The molecule has 2 rings (SSSR count). The normalized spacial score (nSPS) is 10.4. The molecule has 0 saturated heterocycles. The Kier molecular flexibility index (Phi) is 3.86. The molecule has 4 nitrogen and oxygen atoms in total. The fourth-order valence-electron chi connectivity index (χ4n) is 2.19. The summed E-state index contributed by atoms with van der Waals surface area (Å²) in [7, 11) is 0. The fraction of sp³-hybridized carbons (Fsp3) is 0.333. The van der Waals surface area contributed by atoms with E-state index in [4.69, 9.17) is 11.0 Å². The molecule has 0 fully saturated rings. The standard InChI is InChI=1S/C15H18N4/c1-3-13-15(17)14(4-2)19(18-13)10-12-7-5-11(9-16)6-8-12/h5-8H,3-4,10,17H2,1-2H3. The minimum absolute atomic E-state index is 0.675. The Morgan fingerprint density at radius 2 is 1.89 bits per heavy atom. The second-order valence-electron chi connectivity index (χ2n) is 4.48.